The van der Waals surface area contributed by atoms with Crippen LogP contribution in [-0.2, 0) is 11.8 Å². The van der Waals surface area contributed by atoms with Crippen molar-refractivity contribution in [1.82, 2.24) is 24.4 Å². The Balaban J connectivity index is 1.05. The Hall–Kier alpha value is -3.89. The molecule has 1 aliphatic carbocycles. The quantitative estimate of drug-likeness (QED) is 0.244. The zero-order valence-corrected chi connectivity index (χ0v) is 26.6. The summed E-state index contributed by atoms with van der Waals surface area (Å²) in [6, 6.07) is 10.5. The number of nitrogens with zero attached hydrogens (tertiary/aromatic N) is 5. The molecule has 1 N–H and O–H groups in total. The molecule has 12 heteroatoms. The van der Waals surface area contributed by atoms with Gasteiger partial charge in [0.2, 0.25) is 5.95 Å². The monoisotopic (exact) mass is 636 g/mol. The number of aryl methyl sites for hydroxylation is 1. The molecule has 44 heavy (non-hydrogen) atoms. The lowest BCUT2D eigenvalue weighted by Crippen LogP contribution is -2.43. The number of pyridine rings is 2. The number of carbonyl (C=O) groups is 1. The van der Waals surface area contributed by atoms with E-state index in [1.807, 2.05) is 31.7 Å². The van der Waals surface area contributed by atoms with Crippen LogP contribution in [0.2, 0.25) is 10.0 Å². The first-order valence-corrected chi connectivity index (χ1v) is 15.3. The van der Waals surface area contributed by atoms with Crippen LogP contribution in [0.3, 0.4) is 0 Å². The van der Waals surface area contributed by atoms with E-state index in [9.17, 15) is 9.59 Å². The lowest BCUT2D eigenvalue weighted by Gasteiger charge is -2.45. The normalized spacial score (nSPS) is 19.7. The number of benzene rings is 1. The van der Waals surface area contributed by atoms with E-state index in [-0.39, 0.29) is 17.1 Å². The van der Waals surface area contributed by atoms with Crippen LogP contribution in [-0.4, -0.2) is 55.8 Å². The SMILES string of the molecule is Cn1c(=O)c(-c2c(Cl)cccc2Cl)cc2cnc(Nc3ccc(OCC4CC5(CCN(C(=O)OC(C)(C)C)C5)C4)cn3)nc21. The zero-order chi connectivity index (χ0) is 31.2. The minimum absolute atomic E-state index is 0.184. The van der Waals surface area contributed by atoms with Gasteiger partial charge in [-0.1, -0.05) is 29.3 Å². The fraction of sp³-hybridized carbons (Fsp3) is 0.406. The summed E-state index contributed by atoms with van der Waals surface area (Å²) in [6.07, 6.45) is 6.15. The van der Waals surface area contributed by atoms with Crippen LogP contribution in [0.5, 0.6) is 5.75 Å². The number of carbonyl (C=O) groups excluding carboxylic acids is 1. The van der Waals surface area contributed by atoms with Gasteiger partial charge in [0.05, 0.1) is 28.4 Å². The number of rotatable bonds is 6. The van der Waals surface area contributed by atoms with E-state index in [1.165, 1.54) is 4.57 Å². The van der Waals surface area contributed by atoms with Crippen molar-refractivity contribution >= 4 is 52.1 Å². The summed E-state index contributed by atoms with van der Waals surface area (Å²) in [5.74, 6) is 1.95. The van der Waals surface area contributed by atoms with Gasteiger partial charge in [0.15, 0.2) is 0 Å². The highest BCUT2D eigenvalue weighted by Gasteiger charge is 2.50. The van der Waals surface area contributed by atoms with Gasteiger partial charge in [-0.2, -0.15) is 4.98 Å². The molecule has 2 fully saturated rings. The molecule has 2 aliphatic rings. The van der Waals surface area contributed by atoms with Crippen LogP contribution in [0.1, 0.15) is 40.0 Å². The Kier molecular flexibility index (Phi) is 7.92. The number of fused-ring (bicyclic) bond motifs is 1. The van der Waals surface area contributed by atoms with Crippen LogP contribution < -0.4 is 15.6 Å². The first-order valence-electron chi connectivity index (χ1n) is 14.5. The summed E-state index contributed by atoms with van der Waals surface area (Å²) in [5.41, 5.74) is 0.732. The maximum Gasteiger partial charge on any atom is 0.410 e. The van der Waals surface area contributed by atoms with Crippen molar-refractivity contribution in [2.45, 2.75) is 45.6 Å². The molecule has 1 spiro atoms. The molecular formula is C32H34Cl2N6O4. The average molecular weight is 638 g/mol. The molecule has 0 bridgehead atoms. The van der Waals surface area contributed by atoms with Crippen molar-refractivity contribution in [3.8, 4) is 16.9 Å². The Morgan fingerprint density at radius 1 is 1.11 bits per heavy atom. The summed E-state index contributed by atoms with van der Waals surface area (Å²) >= 11 is 12.7. The lowest BCUT2D eigenvalue weighted by molar-refractivity contribution is 0.0107. The number of likely N-dealkylation sites (tertiary alicyclic amines) is 1. The summed E-state index contributed by atoms with van der Waals surface area (Å²) in [4.78, 5) is 40.9. The number of nitrogens with one attached hydrogen (secondary N) is 1. The Morgan fingerprint density at radius 3 is 2.55 bits per heavy atom. The molecular weight excluding hydrogens is 603 g/mol. The van der Waals surface area contributed by atoms with Crippen molar-refractivity contribution in [3.05, 3.63) is 69.2 Å². The zero-order valence-electron chi connectivity index (χ0n) is 25.1. The molecule has 6 rings (SSSR count). The second kappa shape index (κ2) is 11.6. The van der Waals surface area contributed by atoms with Crippen molar-refractivity contribution in [3.63, 3.8) is 0 Å². The average Bonchev–Trinajstić information content (AvgIpc) is 3.40. The van der Waals surface area contributed by atoms with E-state index in [0.29, 0.717) is 62.2 Å². The molecule has 0 unspecified atom stereocenters. The number of hydrogen-bond donors (Lipinski definition) is 1. The largest absolute Gasteiger partial charge is 0.492 e. The summed E-state index contributed by atoms with van der Waals surface area (Å²) < 4.78 is 13.0. The van der Waals surface area contributed by atoms with Gasteiger partial charge in [-0.25, -0.2) is 14.8 Å². The summed E-state index contributed by atoms with van der Waals surface area (Å²) in [6.45, 7) is 7.77. The van der Waals surface area contributed by atoms with Gasteiger partial charge < -0.3 is 19.7 Å². The third-order valence-electron chi connectivity index (χ3n) is 8.18. The summed E-state index contributed by atoms with van der Waals surface area (Å²) in [7, 11) is 1.65. The van der Waals surface area contributed by atoms with Gasteiger partial charge in [0, 0.05) is 37.3 Å². The molecule has 3 aromatic heterocycles. The van der Waals surface area contributed by atoms with E-state index in [4.69, 9.17) is 32.7 Å². The standard InChI is InChI=1S/C32H34Cl2N6O4/c1-31(2,3)44-30(42)40-11-10-32(18-40)13-19(14-32)17-43-21-8-9-25(35-16-21)37-29-36-15-20-12-22(28(41)39(4)27(20)38-29)26-23(33)6-5-7-24(26)34/h5-9,12,15-16,19H,10-11,13-14,17-18H2,1-4H3,(H,35,36,37,38). The van der Waals surface area contributed by atoms with E-state index in [0.717, 1.165) is 32.4 Å². The number of aromatic nitrogens is 4. The Labute approximate surface area is 265 Å². The Bertz CT molecular complexity index is 1760. The van der Waals surface area contributed by atoms with Crippen molar-refractivity contribution in [1.29, 1.82) is 0 Å². The molecule has 230 valence electrons. The van der Waals surface area contributed by atoms with Gasteiger partial charge >= 0.3 is 6.09 Å². The van der Waals surface area contributed by atoms with Gasteiger partial charge in [-0.05, 0) is 81.7 Å². The molecule has 1 aliphatic heterocycles. The van der Waals surface area contributed by atoms with Gasteiger partial charge in [0.25, 0.3) is 5.56 Å². The maximum atomic E-state index is 13.2. The van der Waals surface area contributed by atoms with E-state index >= 15 is 0 Å². The first-order chi connectivity index (χ1) is 20.9. The fourth-order valence-corrected chi connectivity index (χ4v) is 6.74. The highest BCUT2D eigenvalue weighted by molar-refractivity contribution is 6.39. The fourth-order valence-electron chi connectivity index (χ4n) is 6.14. The van der Waals surface area contributed by atoms with Crippen LogP contribution in [0.25, 0.3) is 22.2 Å². The van der Waals surface area contributed by atoms with Crippen molar-refractivity contribution in [2.75, 3.05) is 25.0 Å². The van der Waals surface area contributed by atoms with Crippen molar-refractivity contribution in [2.24, 2.45) is 18.4 Å². The van der Waals surface area contributed by atoms with E-state index < -0.39 is 5.60 Å². The number of ether oxygens (including phenoxy) is 2. The molecule has 1 amide bonds. The molecule has 0 atom stereocenters. The van der Waals surface area contributed by atoms with Crippen LogP contribution in [0, 0.1) is 11.3 Å². The molecule has 1 saturated carbocycles. The second-order valence-electron chi connectivity index (χ2n) is 12.7. The molecule has 4 heterocycles. The Morgan fingerprint density at radius 2 is 1.86 bits per heavy atom. The molecule has 1 aromatic carbocycles. The summed E-state index contributed by atoms with van der Waals surface area (Å²) in [5, 5.41) is 4.54. The molecule has 10 nitrogen and oxygen atoms in total. The van der Waals surface area contributed by atoms with E-state index in [1.54, 1.807) is 49.8 Å². The number of anilines is 2. The molecule has 4 aromatic rings. The predicted octanol–water partition coefficient (Wildman–Crippen LogP) is 6.86. The number of hydrogen-bond acceptors (Lipinski definition) is 8. The topological polar surface area (TPSA) is 111 Å². The highest BCUT2D eigenvalue weighted by atomic mass is 35.5. The van der Waals surface area contributed by atoms with Gasteiger partial charge in [-0.3, -0.25) is 9.36 Å². The molecule has 1 saturated heterocycles. The third kappa shape index (κ3) is 6.19. The van der Waals surface area contributed by atoms with Gasteiger partial charge in [-0.15, -0.1) is 0 Å². The predicted molar refractivity (Wildman–Crippen MR) is 171 cm³/mol. The van der Waals surface area contributed by atoms with Crippen LogP contribution in [0.15, 0.2) is 53.6 Å². The first kappa shape index (κ1) is 30.1. The van der Waals surface area contributed by atoms with Gasteiger partial charge in [0.1, 0.15) is 22.8 Å². The second-order valence-corrected chi connectivity index (χ2v) is 13.5. The van der Waals surface area contributed by atoms with Crippen LogP contribution >= 0.6 is 23.2 Å². The maximum absolute atomic E-state index is 13.2. The third-order valence-corrected chi connectivity index (χ3v) is 8.81. The lowest BCUT2D eigenvalue weighted by atomic mass is 9.62. The minimum atomic E-state index is -0.483. The van der Waals surface area contributed by atoms with Crippen molar-refractivity contribution < 1.29 is 14.3 Å². The number of halogens is 2. The highest BCUT2D eigenvalue weighted by Crippen LogP contribution is 2.52. The smallest absolute Gasteiger partial charge is 0.410 e. The number of amides is 1. The molecule has 0 radical (unpaired) electrons. The van der Waals surface area contributed by atoms with Crippen LogP contribution in [0.4, 0.5) is 16.6 Å². The minimum Gasteiger partial charge on any atom is -0.492 e. The van der Waals surface area contributed by atoms with E-state index in [2.05, 4.69) is 20.3 Å².